The Morgan fingerprint density at radius 2 is 1.52 bits per heavy atom. The van der Waals surface area contributed by atoms with Crippen molar-refractivity contribution in [3.8, 4) is 21.6 Å². The molecule has 3 heteroatoms. The average molecular weight is 330 g/mol. The SMILES string of the molecule is Cc1c2s[cH-]c(-c3ccc(N(C)C)cc3)c-2c(C)c1C.[Ti]. The molecule has 1 nitrogen and oxygen atoms in total. The quantitative estimate of drug-likeness (QED) is 0.459. The van der Waals surface area contributed by atoms with Crippen LogP contribution in [0.1, 0.15) is 16.7 Å². The Kier molecular flexibility index (Phi) is 4.72. The van der Waals surface area contributed by atoms with Crippen molar-refractivity contribution in [3.63, 3.8) is 0 Å². The molecule has 0 bridgehead atoms. The van der Waals surface area contributed by atoms with E-state index in [0.29, 0.717) is 0 Å². The van der Waals surface area contributed by atoms with Gasteiger partial charge in [0.25, 0.3) is 0 Å². The molecule has 0 aromatic heterocycles. The summed E-state index contributed by atoms with van der Waals surface area (Å²) in [5.41, 5.74) is 9.70. The molecule has 0 fully saturated rings. The molecule has 1 aliphatic heterocycles. The average Bonchev–Trinajstić information content (AvgIpc) is 2.96. The van der Waals surface area contributed by atoms with Crippen molar-refractivity contribution in [1.29, 1.82) is 0 Å². The van der Waals surface area contributed by atoms with E-state index in [2.05, 4.69) is 69.4 Å². The number of benzene rings is 1. The first kappa shape index (κ1) is 16.4. The van der Waals surface area contributed by atoms with Crippen LogP contribution in [0.25, 0.3) is 21.6 Å². The van der Waals surface area contributed by atoms with Crippen molar-refractivity contribution in [2.45, 2.75) is 20.8 Å². The van der Waals surface area contributed by atoms with E-state index >= 15 is 0 Å². The third-order valence-corrected chi connectivity index (χ3v) is 5.43. The zero-order chi connectivity index (χ0) is 14.4. The fourth-order valence-electron chi connectivity index (χ4n) is 2.80. The van der Waals surface area contributed by atoms with Crippen LogP contribution >= 0.6 is 11.3 Å². The Hall–Kier alpha value is -0.956. The van der Waals surface area contributed by atoms with E-state index in [-0.39, 0.29) is 21.7 Å². The number of fused-ring (bicyclic) bond motifs is 1. The Balaban J connectivity index is 0.00000161. The molecule has 0 atom stereocenters. The molecule has 0 unspecified atom stereocenters. The molecule has 21 heavy (non-hydrogen) atoms. The molecular formula is C18H20NSTi-. The van der Waals surface area contributed by atoms with Gasteiger partial charge in [-0.3, -0.25) is 11.3 Å². The second-order valence-electron chi connectivity index (χ2n) is 5.67. The number of nitrogens with zero attached hydrogens (tertiary/aromatic N) is 1. The van der Waals surface area contributed by atoms with Crippen LogP contribution in [-0.2, 0) is 21.7 Å². The number of thiophene rings is 1. The molecule has 0 radical (unpaired) electrons. The maximum atomic E-state index is 2.30. The van der Waals surface area contributed by atoms with E-state index in [9.17, 15) is 0 Å². The Bertz CT molecular complexity index is 719. The van der Waals surface area contributed by atoms with E-state index in [1.54, 1.807) is 0 Å². The molecule has 0 amide bonds. The third-order valence-electron chi connectivity index (χ3n) is 4.33. The Morgan fingerprint density at radius 1 is 0.905 bits per heavy atom. The third kappa shape index (κ3) is 2.61. The molecule has 2 aliphatic rings. The summed E-state index contributed by atoms with van der Waals surface area (Å²) < 4.78 is 0. The number of anilines is 1. The molecule has 0 saturated heterocycles. The van der Waals surface area contributed by atoms with Gasteiger partial charge in [-0.2, -0.15) is 0 Å². The van der Waals surface area contributed by atoms with Crippen molar-refractivity contribution >= 4 is 17.0 Å². The van der Waals surface area contributed by atoms with Gasteiger partial charge in [0.15, 0.2) is 0 Å². The van der Waals surface area contributed by atoms with E-state index in [1.165, 1.54) is 43.9 Å². The molecular weight excluding hydrogens is 310 g/mol. The van der Waals surface area contributed by atoms with Crippen LogP contribution in [-0.4, -0.2) is 14.1 Å². The van der Waals surface area contributed by atoms with Crippen molar-refractivity contribution in [1.82, 2.24) is 0 Å². The monoisotopic (exact) mass is 330 g/mol. The van der Waals surface area contributed by atoms with Crippen LogP contribution < -0.4 is 4.90 Å². The van der Waals surface area contributed by atoms with Crippen LogP contribution in [0.3, 0.4) is 0 Å². The van der Waals surface area contributed by atoms with E-state index in [4.69, 9.17) is 0 Å². The summed E-state index contributed by atoms with van der Waals surface area (Å²) in [4.78, 5) is 3.58. The van der Waals surface area contributed by atoms with Crippen molar-refractivity contribution < 1.29 is 21.7 Å². The fourth-order valence-corrected chi connectivity index (χ4v) is 4.00. The summed E-state index contributed by atoms with van der Waals surface area (Å²) in [6, 6.07) is 8.84. The van der Waals surface area contributed by atoms with Crippen LogP contribution in [0.5, 0.6) is 0 Å². The van der Waals surface area contributed by atoms with Gasteiger partial charge in [-0.15, -0.1) is 11.1 Å². The molecule has 0 N–H and O–H groups in total. The summed E-state index contributed by atoms with van der Waals surface area (Å²) in [7, 11) is 4.15. The smallest absolute Gasteiger partial charge is 0.0345 e. The summed E-state index contributed by atoms with van der Waals surface area (Å²) in [6.07, 6.45) is 0. The predicted octanol–water partition coefficient (Wildman–Crippen LogP) is 5.23. The Morgan fingerprint density at radius 3 is 2.10 bits per heavy atom. The molecule has 1 aromatic rings. The summed E-state index contributed by atoms with van der Waals surface area (Å²) in [5, 5.41) is 2.30. The van der Waals surface area contributed by atoms with Gasteiger partial charge in [-0.25, -0.2) is 0 Å². The second kappa shape index (κ2) is 6.04. The maximum absolute atomic E-state index is 2.30. The van der Waals surface area contributed by atoms with E-state index in [1.807, 2.05) is 11.3 Å². The van der Waals surface area contributed by atoms with Crippen LogP contribution in [0.2, 0.25) is 0 Å². The summed E-state index contributed by atoms with van der Waals surface area (Å²) >= 11 is 1.87. The minimum Gasteiger partial charge on any atom is -0.378 e. The largest absolute Gasteiger partial charge is 0.378 e. The Labute approximate surface area is 146 Å². The molecule has 1 aromatic carbocycles. The van der Waals surface area contributed by atoms with Gasteiger partial charge in [0.1, 0.15) is 0 Å². The van der Waals surface area contributed by atoms with Crippen molar-refractivity contribution in [2.24, 2.45) is 0 Å². The van der Waals surface area contributed by atoms with E-state index < -0.39 is 0 Å². The van der Waals surface area contributed by atoms with Gasteiger partial charge in [-0.05, 0) is 32.9 Å². The normalized spacial score (nSPS) is 10.7. The van der Waals surface area contributed by atoms with Gasteiger partial charge >= 0.3 is 0 Å². The number of hydrogen-bond acceptors (Lipinski definition) is 2. The fraction of sp³-hybridized carbons (Fsp3) is 0.278. The van der Waals surface area contributed by atoms with Gasteiger partial charge in [0.2, 0.25) is 0 Å². The van der Waals surface area contributed by atoms with E-state index in [0.717, 1.165) is 0 Å². The molecule has 1 heterocycles. The first-order valence-electron chi connectivity index (χ1n) is 6.92. The van der Waals surface area contributed by atoms with Gasteiger partial charge in [-0.1, -0.05) is 44.6 Å². The first-order chi connectivity index (χ1) is 9.50. The van der Waals surface area contributed by atoms with Crippen LogP contribution in [0.4, 0.5) is 5.69 Å². The van der Waals surface area contributed by atoms with Gasteiger partial charge in [0.05, 0.1) is 0 Å². The molecule has 108 valence electrons. The summed E-state index contributed by atoms with van der Waals surface area (Å²) in [6.45, 7) is 6.71. The minimum atomic E-state index is 0. The van der Waals surface area contributed by atoms with Crippen molar-refractivity contribution in [3.05, 3.63) is 46.3 Å². The first-order valence-corrected chi connectivity index (χ1v) is 7.80. The molecule has 0 spiro atoms. The van der Waals surface area contributed by atoms with Gasteiger partial charge < -0.3 is 4.90 Å². The molecule has 3 rings (SSSR count). The number of rotatable bonds is 2. The van der Waals surface area contributed by atoms with Gasteiger partial charge in [0, 0.05) is 41.5 Å². The minimum absolute atomic E-state index is 0. The van der Waals surface area contributed by atoms with Crippen LogP contribution in [0.15, 0.2) is 29.6 Å². The van der Waals surface area contributed by atoms with Crippen molar-refractivity contribution in [2.75, 3.05) is 19.0 Å². The zero-order valence-electron chi connectivity index (χ0n) is 13.2. The molecule has 1 aliphatic carbocycles. The maximum Gasteiger partial charge on any atom is 0.0345 e. The standard InChI is InChI=1S/C18H20NS.Ti/c1-11-12(2)17-16(10-20-18(17)13(11)3)14-6-8-15(9-7-14)19(4)5;/h6-10H,1-5H3;/q-1;. The molecule has 0 saturated carbocycles. The summed E-state index contributed by atoms with van der Waals surface area (Å²) in [5.74, 6) is 0. The zero-order valence-corrected chi connectivity index (χ0v) is 15.6. The predicted molar refractivity (Wildman–Crippen MR) is 90.5 cm³/mol. The second-order valence-corrected chi connectivity index (χ2v) is 6.55. The number of hydrogen-bond donors (Lipinski definition) is 0. The topological polar surface area (TPSA) is 3.24 Å². The van der Waals surface area contributed by atoms with Crippen LogP contribution in [0, 0.1) is 20.8 Å².